The summed E-state index contributed by atoms with van der Waals surface area (Å²) in [6.07, 6.45) is 2.97. The molecule has 0 aliphatic carbocycles. The lowest BCUT2D eigenvalue weighted by molar-refractivity contribution is 0.0716. The molecule has 3 saturated heterocycles. The first-order valence-corrected chi connectivity index (χ1v) is 10.00. The Bertz CT molecular complexity index is 476. The molecular formula is C15H30ClN3O3S. The second-order valence-electron chi connectivity index (χ2n) is 7.29. The highest BCUT2D eigenvalue weighted by molar-refractivity contribution is 7.89. The minimum Gasteiger partial charge on any atom is -0.379 e. The van der Waals surface area contributed by atoms with Gasteiger partial charge in [-0.3, -0.25) is 0 Å². The van der Waals surface area contributed by atoms with Gasteiger partial charge in [0.2, 0.25) is 10.0 Å². The lowest BCUT2D eigenvalue weighted by atomic mass is 9.88. The monoisotopic (exact) mass is 367 g/mol. The van der Waals surface area contributed by atoms with Crippen molar-refractivity contribution in [3.63, 3.8) is 0 Å². The highest BCUT2D eigenvalue weighted by atomic mass is 35.5. The van der Waals surface area contributed by atoms with E-state index in [9.17, 15) is 8.42 Å². The summed E-state index contributed by atoms with van der Waals surface area (Å²) in [5.41, 5.74) is 0.296. The third-order valence-electron chi connectivity index (χ3n) is 5.28. The van der Waals surface area contributed by atoms with Crippen molar-refractivity contribution >= 4 is 22.4 Å². The summed E-state index contributed by atoms with van der Waals surface area (Å²) in [7, 11) is -3.18. The van der Waals surface area contributed by atoms with Crippen LogP contribution in [-0.2, 0) is 14.8 Å². The number of piperidine rings is 1. The fourth-order valence-electron chi connectivity index (χ4n) is 3.96. The van der Waals surface area contributed by atoms with Gasteiger partial charge in [-0.05, 0) is 37.8 Å². The zero-order valence-corrected chi connectivity index (χ0v) is 15.6. The molecule has 23 heavy (non-hydrogen) atoms. The maximum Gasteiger partial charge on any atom is 0.218 e. The number of nitrogens with one attached hydrogen (secondary N) is 1. The standard InChI is InChI=1S/C15H29N3O3S.ClH/c1-15(4-5-16-12-15)13-17-6-2-3-14(11-17)22(19,20)18-7-9-21-10-8-18;/h14,16H,2-13H2,1H3;1H. The van der Waals surface area contributed by atoms with Gasteiger partial charge in [0.1, 0.15) is 0 Å². The number of ether oxygens (including phenoxy) is 1. The molecule has 2 atom stereocenters. The largest absolute Gasteiger partial charge is 0.379 e. The van der Waals surface area contributed by atoms with Crippen molar-refractivity contribution in [2.75, 3.05) is 59.0 Å². The molecular weight excluding hydrogens is 338 g/mol. The molecule has 0 spiro atoms. The lowest BCUT2D eigenvalue weighted by Gasteiger charge is -2.39. The summed E-state index contributed by atoms with van der Waals surface area (Å²) in [5, 5.41) is 3.19. The number of likely N-dealkylation sites (tertiary alicyclic amines) is 1. The Morgan fingerprint density at radius 1 is 1.26 bits per heavy atom. The number of halogens is 1. The number of hydrogen-bond acceptors (Lipinski definition) is 5. The molecule has 3 aliphatic heterocycles. The van der Waals surface area contributed by atoms with E-state index >= 15 is 0 Å². The number of sulfonamides is 1. The number of morpholine rings is 1. The summed E-state index contributed by atoms with van der Waals surface area (Å²) >= 11 is 0. The molecule has 0 aromatic carbocycles. The summed E-state index contributed by atoms with van der Waals surface area (Å²) in [6.45, 7) is 9.26. The van der Waals surface area contributed by atoms with Gasteiger partial charge in [-0.1, -0.05) is 6.92 Å². The van der Waals surface area contributed by atoms with E-state index in [2.05, 4.69) is 17.1 Å². The van der Waals surface area contributed by atoms with Crippen molar-refractivity contribution in [1.82, 2.24) is 14.5 Å². The molecule has 3 fully saturated rings. The Hall–Kier alpha value is 0.0800. The van der Waals surface area contributed by atoms with Crippen LogP contribution in [0.2, 0.25) is 0 Å². The predicted molar refractivity (Wildman–Crippen MR) is 93.6 cm³/mol. The lowest BCUT2D eigenvalue weighted by Crippen LogP contribution is -2.52. The molecule has 0 bridgehead atoms. The van der Waals surface area contributed by atoms with Crippen LogP contribution in [0.4, 0.5) is 0 Å². The van der Waals surface area contributed by atoms with E-state index in [0.717, 1.165) is 39.0 Å². The molecule has 0 radical (unpaired) electrons. The minimum absolute atomic E-state index is 0. The van der Waals surface area contributed by atoms with Crippen molar-refractivity contribution in [2.24, 2.45) is 5.41 Å². The van der Waals surface area contributed by atoms with Crippen molar-refractivity contribution in [1.29, 1.82) is 0 Å². The van der Waals surface area contributed by atoms with Crippen molar-refractivity contribution in [3.8, 4) is 0 Å². The van der Waals surface area contributed by atoms with Crippen LogP contribution in [0, 0.1) is 5.41 Å². The van der Waals surface area contributed by atoms with Gasteiger partial charge >= 0.3 is 0 Å². The highest BCUT2D eigenvalue weighted by Crippen LogP contribution is 2.28. The Labute approximate surface area is 146 Å². The number of hydrogen-bond donors (Lipinski definition) is 1. The van der Waals surface area contributed by atoms with Gasteiger partial charge in [0.15, 0.2) is 0 Å². The van der Waals surface area contributed by atoms with Gasteiger partial charge in [0.25, 0.3) is 0 Å². The van der Waals surface area contributed by atoms with Crippen molar-refractivity contribution in [3.05, 3.63) is 0 Å². The van der Waals surface area contributed by atoms with Crippen LogP contribution < -0.4 is 5.32 Å². The summed E-state index contributed by atoms with van der Waals surface area (Å²) in [5.74, 6) is 0. The second kappa shape index (κ2) is 7.97. The molecule has 6 nitrogen and oxygen atoms in total. The SMILES string of the molecule is CC1(CN2CCCC(S(=O)(=O)N3CCOCC3)C2)CCNC1.Cl. The maximum atomic E-state index is 12.8. The molecule has 3 aliphatic rings. The maximum absolute atomic E-state index is 12.8. The first-order valence-electron chi connectivity index (χ1n) is 8.49. The third kappa shape index (κ3) is 4.58. The van der Waals surface area contributed by atoms with Crippen molar-refractivity contribution in [2.45, 2.75) is 31.4 Å². The van der Waals surface area contributed by atoms with E-state index in [1.807, 2.05) is 0 Å². The van der Waals surface area contributed by atoms with Gasteiger partial charge in [-0.2, -0.15) is 4.31 Å². The van der Waals surface area contributed by atoms with Crippen LogP contribution in [0.5, 0.6) is 0 Å². The van der Waals surface area contributed by atoms with Crippen LogP contribution >= 0.6 is 12.4 Å². The molecule has 0 aromatic heterocycles. The first kappa shape index (κ1) is 19.4. The fourth-order valence-corrected chi connectivity index (χ4v) is 5.90. The van der Waals surface area contributed by atoms with Crippen LogP contribution in [0.1, 0.15) is 26.2 Å². The van der Waals surface area contributed by atoms with E-state index in [4.69, 9.17) is 4.74 Å². The molecule has 0 aromatic rings. The zero-order chi connectivity index (χ0) is 15.6. The highest BCUT2D eigenvalue weighted by Gasteiger charge is 2.38. The van der Waals surface area contributed by atoms with Crippen LogP contribution in [-0.4, -0.2) is 81.9 Å². The molecule has 0 saturated carbocycles. The average molecular weight is 368 g/mol. The molecule has 0 amide bonds. The molecule has 8 heteroatoms. The summed E-state index contributed by atoms with van der Waals surface area (Å²) in [6, 6.07) is 0. The third-order valence-corrected chi connectivity index (χ3v) is 7.59. The molecule has 2 unspecified atom stereocenters. The van der Waals surface area contributed by atoms with Crippen molar-refractivity contribution < 1.29 is 13.2 Å². The zero-order valence-electron chi connectivity index (χ0n) is 14.0. The van der Waals surface area contributed by atoms with Crippen LogP contribution in [0.15, 0.2) is 0 Å². The van der Waals surface area contributed by atoms with E-state index in [1.165, 1.54) is 6.42 Å². The smallest absolute Gasteiger partial charge is 0.218 e. The Morgan fingerprint density at radius 2 is 2.00 bits per heavy atom. The normalized spacial score (nSPS) is 34.2. The Kier molecular flexibility index (Phi) is 6.73. The van der Waals surface area contributed by atoms with Crippen LogP contribution in [0.3, 0.4) is 0 Å². The minimum atomic E-state index is -3.18. The molecule has 1 N–H and O–H groups in total. The van der Waals surface area contributed by atoms with Gasteiger partial charge in [0, 0.05) is 32.7 Å². The molecule has 3 heterocycles. The fraction of sp³-hybridized carbons (Fsp3) is 1.00. The van der Waals surface area contributed by atoms with E-state index in [-0.39, 0.29) is 17.7 Å². The quantitative estimate of drug-likeness (QED) is 0.785. The number of nitrogens with zero attached hydrogens (tertiary/aromatic N) is 2. The Morgan fingerprint density at radius 3 is 2.65 bits per heavy atom. The summed E-state index contributed by atoms with van der Waals surface area (Å²) < 4.78 is 32.6. The van der Waals surface area contributed by atoms with E-state index < -0.39 is 10.0 Å². The average Bonchev–Trinajstić information content (AvgIpc) is 2.94. The van der Waals surface area contributed by atoms with E-state index in [1.54, 1.807) is 4.31 Å². The predicted octanol–water partition coefficient (Wildman–Crippen LogP) is 0.534. The van der Waals surface area contributed by atoms with E-state index in [0.29, 0.717) is 38.3 Å². The van der Waals surface area contributed by atoms with Gasteiger partial charge < -0.3 is 15.0 Å². The molecule has 136 valence electrons. The summed E-state index contributed by atoms with van der Waals surface area (Å²) in [4.78, 5) is 2.37. The van der Waals surface area contributed by atoms with Gasteiger partial charge in [-0.25, -0.2) is 8.42 Å². The molecule has 3 rings (SSSR count). The first-order chi connectivity index (χ1) is 10.5. The van der Waals surface area contributed by atoms with Crippen LogP contribution in [0.25, 0.3) is 0 Å². The van der Waals surface area contributed by atoms with Gasteiger partial charge in [-0.15, -0.1) is 12.4 Å². The second-order valence-corrected chi connectivity index (χ2v) is 9.51. The topological polar surface area (TPSA) is 61.9 Å². The number of rotatable bonds is 4. The van der Waals surface area contributed by atoms with Gasteiger partial charge in [0.05, 0.1) is 18.5 Å². The Balaban J connectivity index is 0.00000192.